The standard InChI is InChI=1S/C14H15FO2/c15-11-6-4-9(5-7-11)13-8-10-2-1-3-12(10)14(16)17-13/h4-7,10,12-13H,1-3,8H2/t10?,12?,13-/m1/s1. The van der Waals surface area contributed by atoms with Crippen LogP contribution in [0, 0.1) is 17.7 Å². The molecular weight excluding hydrogens is 219 g/mol. The molecule has 1 aromatic carbocycles. The van der Waals surface area contributed by atoms with Gasteiger partial charge in [0.15, 0.2) is 0 Å². The fraction of sp³-hybridized carbons (Fsp3) is 0.500. The Morgan fingerprint density at radius 3 is 2.71 bits per heavy atom. The molecule has 2 fully saturated rings. The second kappa shape index (κ2) is 4.13. The van der Waals surface area contributed by atoms with E-state index in [0.717, 1.165) is 31.2 Å². The number of esters is 1. The summed E-state index contributed by atoms with van der Waals surface area (Å²) < 4.78 is 18.3. The number of benzene rings is 1. The second-order valence-electron chi connectivity index (χ2n) is 5.01. The molecule has 3 heteroatoms. The number of ether oxygens (including phenoxy) is 1. The van der Waals surface area contributed by atoms with Gasteiger partial charge in [0.2, 0.25) is 0 Å². The first-order valence-corrected chi connectivity index (χ1v) is 6.20. The summed E-state index contributed by atoms with van der Waals surface area (Å²) in [6.45, 7) is 0. The highest BCUT2D eigenvalue weighted by molar-refractivity contribution is 5.74. The molecule has 1 heterocycles. The van der Waals surface area contributed by atoms with Crippen LogP contribution in [0.5, 0.6) is 0 Å². The van der Waals surface area contributed by atoms with Crippen LogP contribution in [-0.2, 0) is 9.53 Å². The zero-order valence-corrected chi connectivity index (χ0v) is 9.56. The van der Waals surface area contributed by atoms with Crippen LogP contribution in [-0.4, -0.2) is 5.97 Å². The Kier molecular flexibility index (Phi) is 2.61. The molecule has 3 rings (SSSR count). The van der Waals surface area contributed by atoms with E-state index in [0.29, 0.717) is 5.92 Å². The minimum Gasteiger partial charge on any atom is -0.457 e. The highest BCUT2D eigenvalue weighted by Gasteiger charge is 2.41. The smallest absolute Gasteiger partial charge is 0.309 e. The first kappa shape index (κ1) is 10.8. The summed E-state index contributed by atoms with van der Waals surface area (Å²) in [5, 5.41) is 0. The number of rotatable bonds is 1. The SMILES string of the molecule is O=C1O[C@@H](c2ccc(F)cc2)CC2CCCC12. The van der Waals surface area contributed by atoms with Gasteiger partial charge in [0.25, 0.3) is 0 Å². The van der Waals surface area contributed by atoms with Crippen LogP contribution in [0.1, 0.15) is 37.4 Å². The molecule has 2 aliphatic rings. The number of fused-ring (bicyclic) bond motifs is 1. The summed E-state index contributed by atoms with van der Waals surface area (Å²) in [5.41, 5.74) is 0.908. The molecular formula is C14H15FO2. The average Bonchev–Trinajstić information content (AvgIpc) is 2.78. The van der Waals surface area contributed by atoms with Crippen molar-refractivity contribution in [3.63, 3.8) is 0 Å². The lowest BCUT2D eigenvalue weighted by Gasteiger charge is -2.31. The van der Waals surface area contributed by atoms with Crippen molar-refractivity contribution in [3.05, 3.63) is 35.6 Å². The molecule has 0 aromatic heterocycles. The van der Waals surface area contributed by atoms with E-state index < -0.39 is 0 Å². The number of hydrogen-bond acceptors (Lipinski definition) is 2. The molecule has 1 aliphatic carbocycles. The van der Waals surface area contributed by atoms with E-state index in [1.165, 1.54) is 12.1 Å². The van der Waals surface area contributed by atoms with Gasteiger partial charge in [-0.1, -0.05) is 18.6 Å². The molecule has 0 N–H and O–H groups in total. The van der Waals surface area contributed by atoms with Crippen LogP contribution < -0.4 is 0 Å². The number of carbonyl (C=O) groups is 1. The molecule has 0 amide bonds. The van der Waals surface area contributed by atoms with Crippen molar-refractivity contribution in [2.45, 2.75) is 31.8 Å². The normalized spacial score (nSPS) is 32.1. The van der Waals surface area contributed by atoms with E-state index in [1.807, 2.05) is 0 Å². The average molecular weight is 234 g/mol. The number of carbonyl (C=O) groups excluding carboxylic acids is 1. The minimum atomic E-state index is -0.255. The molecule has 2 unspecified atom stereocenters. The Bertz CT molecular complexity index is 426. The molecule has 1 aromatic rings. The van der Waals surface area contributed by atoms with E-state index >= 15 is 0 Å². The molecule has 90 valence electrons. The zero-order valence-electron chi connectivity index (χ0n) is 9.56. The van der Waals surface area contributed by atoms with Gasteiger partial charge in [-0.3, -0.25) is 4.79 Å². The van der Waals surface area contributed by atoms with Gasteiger partial charge in [-0.25, -0.2) is 4.39 Å². The lowest BCUT2D eigenvalue weighted by molar-refractivity contribution is -0.163. The summed E-state index contributed by atoms with van der Waals surface area (Å²) in [6.07, 6.45) is 3.93. The fourth-order valence-electron chi connectivity index (χ4n) is 3.06. The van der Waals surface area contributed by atoms with Gasteiger partial charge >= 0.3 is 5.97 Å². The molecule has 2 nitrogen and oxygen atoms in total. The summed E-state index contributed by atoms with van der Waals surface area (Å²) in [4.78, 5) is 11.8. The third kappa shape index (κ3) is 1.94. The first-order chi connectivity index (χ1) is 8.24. The Labute approximate surface area is 99.8 Å². The summed E-state index contributed by atoms with van der Waals surface area (Å²) in [5.74, 6) is 0.265. The molecule has 1 saturated heterocycles. The number of hydrogen-bond donors (Lipinski definition) is 0. The first-order valence-electron chi connectivity index (χ1n) is 6.20. The van der Waals surface area contributed by atoms with Crippen LogP contribution >= 0.6 is 0 Å². The molecule has 17 heavy (non-hydrogen) atoms. The lowest BCUT2D eigenvalue weighted by atomic mass is 9.86. The van der Waals surface area contributed by atoms with Crippen molar-refractivity contribution < 1.29 is 13.9 Å². The van der Waals surface area contributed by atoms with Crippen molar-refractivity contribution in [1.29, 1.82) is 0 Å². The highest BCUT2D eigenvalue weighted by atomic mass is 19.1. The third-order valence-electron chi connectivity index (χ3n) is 3.98. The Morgan fingerprint density at radius 1 is 1.18 bits per heavy atom. The molecule has 0 bridgehead atoms. The van der Waals surface area contributed by atoms with Gasteiger partial charge in [-0.2, -0.15) is 0 Å². The van der Waals surface area contributed by atoms with Gasteiger partial charge in [0.05, 0.1) is 5.92 Å². The molecule has 0 radical (unpaired) electrons. The van der Waals surface area contributed by atoms with Crippen LogP contribution in [0.2, 0.25) is 0 Å². The number of halogens is 1. The van der Waals surface area contributed by atoms with E-state index in [1.54, 1.807) is 12.1 Å². The van der Waals surface area contributed by atoms with Crippen LogP contribution in [0.4, 0.5) is 4.39 Å². The quantitative estimate of drug-likeness (QED) is 0.697. The van der Waals surface area contributed by atoms with Gasteiger partial charge in [0, 0.05) is 0 Å². The Hall–Kier alpha value is -1.38. The largest absolute Gasteiger partial charge is 0.457 e. The lowest BCUT2D eigenvalue weighted by Crippen LogP contribution is -2.30. The van der Waals surface area contributed by atoms with Crippen molar-refractivity contribution in [3.8, 4) is 0 Å². The summed E-state index contributed by atoms with van der Waals surface area (Å²) >= 11 is 0. The predicted octanol–water partition coefficient (Wildman–Crippen LogP) is 3.23. The van der Waals surface area contributed by atoms with E-state index in [4.69, 9.17) is 4.74 Å². The van der Waals surface area contributed by atoms with E-state index in [-0.39, 0.29) is 23.8 Å². The molecule has 0 spiro atoms. The van der Waals surface area contributed by atoms with Crippen molar-refractivity contribution in [2.75, 3.05) is 0 Å². The highest BCUT2D eigenvalue weighted by Crippen LogP contribution is 2.44. The van der Waals surface area contributed by atoms with Gasteiger partial charge in [-0.05, 0) is 42.9 Å². The van der Waals surface area contributed by atoms with Crippen LogP contribution in [0.15, 0.2) is 24.3 Å². The predicted molar refractivity (Wildman–Crippen MR) is 60.7 cm³/mol. The van der Waals surface area contributed by atoms with Gasteiger partial charge in [0.1, 0.15) is 11.9 Å². The fourth-order valence-corrected chi connectivity index (χ4v) is 3.06. The second-order valence-corrected chi connectivity index (χ2v) is 5.01. The zero-order chi connectivity index (χ0) is 11.8. The third-order valence-corrected chi connectivity index (χ3v) is 3.98. The van der Waals surface area contributed by atoms with Crippen molar-refractivity contribution >= 4 is 5.97 Å². The molecule has 3 atom stereocenters. The monoisotopic (exact) mass is 234 g/mol. The molecule has 1 saturated carbocycles. The van der Waals surface area contributed by atoms with Crippen molar-refractivity contribution in [2.24, 2.45) is 11.8 Å². The van der Waals surface area contributed by atoms with Crippen molar-refractivity contribution in [1.82, 2.24) is 0 Å². The topological polar surface area (TPSA) is 26.3 Å². The van der Waals surface area contributed by atoms with E-state index in [9.17, 15) is 9.18 Å². The Balaban J connectivity index is 1.81. The maximum atomic E-state index is 12.8. The van der Waals surface area contributed by atoms with E-state index in [2.05, 4.69) is 0 Å². The Morgan fingerprint density at radius 2 is 1.94 bits per heavy atom. The van der Waals surface area contributed by atoms with Crippen LogP contribution in [0.25, 0.3) is 0 Å². The summed E-state index contributed by atoms with van der Waals surface area (Å²) in [7, 11) is 0. The molecule has 1 aliphatic heterocycles. The minimum absolute atomic E-state index is 0.0620. The maximum Gasteiger partial charge on any atom is 0.309 e. The van der Waals surface area contributed by atoms with Gasteiger partial charge < -0.3 is 4.74 Å². The van der Waals surface area contributed by atoms with Crippen LogP contribution in [0.3, 0.4) is 0 Å². The van der Waals surface area contributed by atoms with Gasteiger partial charge in [-0.15, -0.1) is 0 Å². The maximum absolute atomic E-state index is 12.8. The summed E-state index contributed by atoms with van der Waals surface area (Å²) in [6, 6.07) is 6.26. The number of cyclic esters (lactones) is 1.